The SMILES string of the molecule is COc1cc(Br)c(CNCCc2ccc(Cl)cc2Cl)cc1OC. The van der Waals surface area contributed by atoms with Crippen molar-refractivity contribution in [1.82, 2.24) is 5.32 Å². The van der Waals surface area contributed by atoms with Crippen molar-refractivity contribution in [2.24, 2.45) is 0 Å². The van der Waals surface area contributed by atoms with E-state index in [0.717, 1.165) is 28.6 Å². The Kier molecular flexibility index (Phi) is 7.03. The molecule has 0 aliphatic carbocycles. The highest BCUT2D eigenvalue weighted by Crippen LogP contribution is 2.33. The van der Waals surface area contributed by atoms with E-state index >= 15 is 0 Å². The van der Waals surface area contributed by atoms with E-state index in [1.54, 1.807) is 20.3 Å². The molecule has 0 atom stereocenters. The number of hydrogen-bond acceptors (Lipinski definition) is 3. The lowest BCUT2D eigenvalue weighted by Crippen LogP contribution is -2.17. The summed E-state index contributed by atoms with van der Waals surface area (Å²) in [5.41, 5.74) is 2.18. The molecule has 2 aromatic rings. The minimum absolute atomic E-state index is 0.654. The largest absolute Gasteiger partial charge is 0.493 e. The Bertz CT molecular complexity index is 680. The number of nitrogens with one attached hydrogen (secondary N) is 1. The highest BCUT2D eigenvalue weighted by atomic mass is 79.9. The fourth-order valence-electron chi connectivity index (χ4n) is 2.20. The average molecular weight is 419 g/mol. The summed E-state index contributed by atoms with van der Waals surface area (Å²) in [6, 6.07) is 9.45. The maximum absolute atomic E-state index is 6.17. The molecule has 124 valence electrons. The Morgan fingerprint density at radius 2 is 1.70 bits per heavy atom. The van der Waals surface area contributed by atoms with E-state index in [1.165, 1.54) is 0 Å². The van der Waals surface area contributed by atoms with Crippen molar-refractivity contribution >= 4 is 39.1 Å². The Morgan fingerprint density at radius 1 is 1.00 bits per heavy atom. The van der Waals surface area contributed by atoms with Gasteiger partial charge in [-0.05, 0) is 48.4 Å². The van der Waals surface area contributed by atoms with Crippen molar-refractivity contribution in [3.63, 3.8) is 0 Å². The third-order valence-corrected chi connectivity index (χ3v) is 4.78. The first-order chi connectivity index (χ1) is 11.0. The van der Waals surface area contributed by atoms with Crippen LogP contribution >= 0.6 is 39.1 Å². The first-order valence-electron chi connectivity index (χ1n) is 7.10. The Hall–Kier alpha value is -0.940. The van der Waals surface area contributed by atoms with Crippen molar-refractivity contribution < 1.29 is 9.47 Å². The van der Waals surface area contributed by atoms with Crippen molar-refractivity contribution in [1.29, 1.82) is 0 Å². The molecule has 0 aliphatic rings. The van der Waals surface area contributed by atoms with E-state index in [4.69, 9.17) is 32.7 Å². The van der Waals surface area contributed by atoms with Crippen molar-refractivity contribution in [2.75, 3.05) is 20.8 Å². The van der Waals surface area contributed by atoms with Crippen LogP contribution in [0.2, 0.25) is 10.0 Å². The van der Waals surface area contributed by atoms with Gasteiger partial charge in [0, 0.05) is 21.1 Å². The van der Waals surface area contributed by atoms with Crippen LogP contribution in [0.25, 0.3) is 0 Å². The van der Waals surface area contributed by atoms with Gasteiger partial charge in [-0.3, -0.25) is 0 Å². The lowest BCUT2D eigenvalue weighted by Gasteiger charge is -2.13. The van der Waals surface area contributed by atoms with Crippen LogP contribution in [0.3, 0.4) is 0 Å². The molecule has 0 bridgehead atoms. The smallest absolute Gasteiger partial charge is 0.161 e. The van der Waals surface area contributed by atoms with Gasteiger partial charge in [0.1, 0.15) is 0 Å². The van der Waals surface area contributed by atoms with Crippen LogP contribution in [0.5, 0.6) is 11.5 Å². The van der Waals surface area contributed by atoms with Gasteiger partial charge >= 0.3 is 0 Å². The molecule has 0 heterocycles. The minimum atomic E-state index is 0.654. The molecule has 0 radical (unpaired) electrons. The summed E-state index contributed by atoms with van der Waals surface area (Å²) in [7, 11) is 3.25. The molecule has 3 nitrogen and oxygen atoms in total. The first kappa shape index (κ1) is 18.4. The maximum Gasteiger partial charge on any atom is 0.161 e. The Morgan fingerprint density at radius 3 is 2.35 bits per heavy atom. The predicted octanol–water partition coefficient (Wildman–Crippen LogP) is 5.11. The average Bonchev–Trinajstić information content (AvgIpc) is 2.54. The molecular formula is C17H18BrCl2NO2. The summed E-state index contributed by atoms with van der Waals surface area (Å²) in [4.78, 5) is 0. The van der Waals surface area contributed by atoms with Gasteiger partial charge in [-0.2, -0.15) is 0 Å². The van der Waals surface area contributed by atoms with Crippen LogP contribution in [-0.2, 0) is 13.0 Å². The summed E-state index contributed by atoms with van der Waals surface area (Å²) in [6.07, 6.45) is 0.834. The summed E-state index contributed by atoms with van der Waals surface area (Å²) < 4.78 is 11.6. The second-order valence-corrected chi connectivity index (χ2v) is 6.66. The van der Waals surface area contributed by atoms with Crippen molar-refractivity contribution in [2.45, 2.75) is 13.0 Å². The van der Waals surface area contributed by atoms with Gasteiger partial charge < -0.3 is 14.8 Å². The summed E-state index contributed by atoms with van der Waals surface area (Å²) in [6.45, 7) is 1.52. The molecule has 0 unspecified atom stereocenters. The molecule has 2 rings (SSSR count). The zero-order valence-corrected chi connectivity index (χ0v) is 16.1. The van der Waals surface area contributed by atoms with Gasteiger partial charge in [0.25, 0.3) is 0 Å². The topological polar surface area (TPSA) is 30.5 Å². The Labute approximate surface area is 155 Å². The molecule has 0 amide bonds. The van der Waals surface area contributed by atoms with Gasteiger partial charge in [-0.25, -0.2) is 0 Å². The number of hydrogen-bond donors (Lipinski definition) is 1. The molecule has 0 aliphatic heterocycles. The normalized spacial score (nSPS) is 10.7. The van der Waals surface area contributed by atoms with E-state index in [-0.39, 0.29) is 0 Å². The number of rotatable bonds is 7. The highest BCUT2D eigenvalue weighted by molar-refractivity contribution is 9.10. The van der Waals surface area contributed by atoms with Crippen molar-refractivity contribution in [3.8, 4) is 11.5 Å². The zero-order valence-electron chi connectivity index (χ0n) is 13.0. The molecule has 23 heavy (non-hydrogen) atoms. The van der Waals surface area contributed by atoms with Gasteiger partial charge in [0.05, 0.1) is 14.2 Å². The molecule has 0 spiro atoms. The van der Waals surface area contributed by atoms with Crippen LogP contribution in [0, 0.1) is 0 Å². The third kappa shape index (κ3) is 5.01. The minimum Gasteiger partial charge on any atom is -0.493 e. The fraction of sp³-hybridized carbons (Fsp3) is 0.294. The van der Waals surface area contributed by atoms with E-state index in [9.17, 15) is 0 Å². The summed E-state index contributed by atoms with van der Waals surface area (Å²) in [5.74, 6) is 1.42. The van der Waals surface area contributed by atoms with Crippen LogP contribution in [0.4, 0.5) is 0 Å². The van der Waals surface area contributed by atoms with E-state index < -0.39 is 0 Å². The Balaban J connectivity index is 1.93. The molecule has 0 aromatic heterocycles. The molecule has 1 N–H and O–H groups in total. The van der Waals surface area contributed by atoms with Gasteiger partial charge in [0.2, 0.25) is 0 Å². The van der Waals surface area contributed by atoms with Crippen LogP contribution < -0.4 is 14.8 Å². The summed E-state index contributed by atoms with van der Waals surface area (Å²) >= 11 is 15.6. The predicted molar refractivity (Wildman–Crippen MR) is 99.1 cm³/mol. The highest BCUT2D eigenvalue weighted by Gasteiger charge is 2.09. The fourth-order valence-corrected chi connectivity index (χ4v) is 3.17. The lowest BCUT2D eigenvalue weighted by atomic mass is 10.1. The first-order valence-corrected chi connectivity index (χ1v) is 8.65. The standard InChI is InChI=1S/C17H18BrCl2NO2/c1-22-16-7-12(14(18)9-17(16)23-2)10-21-6-5-11-3-4-13(19)8-15(11)20/h3-4,7-9,21H,5-6,10H2,1-2H3. The molecular weight excluding hydrogens is 401 g/mol. The lowest BCUT2D eigenvalue weighted by molar-refractivity contribution is 0.354. The quantitative estimate of drug-likeness (QED) is 0.634. The monoisotopic (exact) mass is 417 g/mol. The van der Waals surface area contributed by atoms with Gasteiger partial charge in [0.15, 0.2) is 11.5 Å². The van der Waals surface area contributed by atoms with Crippen LogP contribution in [-0.4, -0.2) is 20.8 Å². The number of benzene rings is 2. The number of ether oxygens (including phenoxy) is 2. The molecule has 0 saturated carbocycles. The summed E-state index contributed by atoms with van der Waals surface area (Å²) in [5, 5.41) is 4.76. The van der Waals surface area contributed by atoms with Crippen LogP contribution in [0.15, 0.2) is 34.8 Å². The van der Waals surface area contributed by atoms with Crippen LogP contribution in [0.1, 0.15) is 11.1 Å². The number of methoxy groups -OCH3 is 2. The molecule has 0 fully saturated rings. The van der Waals surface area contributed by atoms with E-state index in [1.807, 2.05) is 24.3 Å². The van der Waals surface area contributed by atoms with Crippen molar-refractivity contribution in [3.05, 3.63) is 56.0 Å². The van der Waals surface area contributed by atoms with E-state index in [2.05, 4.69) is 21.2 Å². The van der Waals surface area contributed by atoms with Gasteiger partial charge in [-0.15, -0.1) is 0 Å². The molecule has 2 aromatic carbocycles. The second-order valence-electron chi connectivity index (χ2n) is 4.96. The van der Waals surface area contributed by atoms with Gasteiger partial charge in [-0.1, -0.05) is 45.2 Å². The zero-order chi connectivity index (χ0) is 16.8. The maximum atomic E-state index is 6.17. The van der Waals surface area contributed by atoms with E-state index in [0.29, 0.717) is 28.1 Å². The number of halogens is 3. The molecule has 0 saturated heterocycles. The molecule has 6 heteroatoms. The third-order valence-electron chi connectivity index (χ3n) is 3.45. The second kappa shape index (κ2) is 8.78.